The highest BCUT2D eigenvalue weighted by Gasteiger charge is 2.20. The van der Waals surface area contributed by atoms with Gasteiger partial charge in [0.25, 0.3) is 0 Å². The first-order valence-electron chi connectivity index (χ1n) is 7.37. The minimum Gasteiger partial charge on any atom is -0.258 e. The molecule has 0 spiro atoms. The number of rotatable bonds is 2. The van der Waals surface area contributed by atoms with Crippen molar-refractivity contribution in [2.45, 2.75) is 26.8 Å². The van der Waals surface area contributed by atoms with E-state index in [4.69, 9.17) is 4.98 Å². The van der Waals surface area contributed by atoms with Gasteiger partial charge in [-0.3, -0.25) is 4.68 Å². The fourth-order valence-electron chi connectivity index (χ4n) is 2.80. The number of hydrogen-bond acceptors (Lipinski definition) is 4. The molecular formula is C16H15BrN6. The van der Waals surface area contributed by atoms with Gasteiger partial charge >= 0.3 is 0 Å². The Hall–Kier alpha value is -2.28. The van der Waals surface area contributed by atoms with Crippen molar-refractivity contribution >= 4 is 32.5 Å². The SMILES string of the molecule is Cc1nn([C@@H](C)c2nc3c4ccccc4ncn3n2)c(C)c1Br. The summed E-state index contributed by atoms with van der Waals surface area (Å²) in [5, 5.41) is 10.2. The maximum Gasteiger partial charge on any atom is 0.176 e. The Labute approximate surface area is 141 Å². The van der Waals surface area contributed by atoms with Crippen LogP contribution >= 0.6 is 15.9 Å². The van der Waals surface area contributed by atoms with Crippen LogP contribution in [0.3, 0.4) is 0 Å². The van der Waals surface area contributed by atoms with Gasteiger partial charge in [0.15, 0.2) is 11.5 Å². The van der Waals surface area contributed by atoms with E-state index >= 15 is 0 Å². The number of fused-ring (bicyclic) bond motifs is 3. The Morgan fingerprint density at radius 1 is 1.13 bits per heavy atom. The minimum atomic E-state index is -0.0568. The molecule has 0 aliphatic rings. The van der Waals surface area contributed by atoms with Crippen molar-refractivity contribution in [3.63, 3.8) is 0 Å². The van der Waals surface area contributed by atoms with Gasteiger partial charge in [0.1, 0.15) is 12.4 Å². The molecule has 0 radical (unpaired) electrons. The van der Waals surface area contributed by atoms with Crippen LogP contribution in [0.15, 0.2) is 35.1 Å². The summed E-state index contributed by atoms with van der Waals surface area (Å²) in [6.45, 7) is 6.07. The number of hydrogen-bond donors (Lipinski definition) is 0. The van der Waals surface area contributed by atoms with Crippen LogP contribution in [0.5, 0.6) is 0 Å². The largest absolute Gasteiger partial charge is 0.258 e. The van der Waals surface area contributed by atoms with Crippen molar-refractivity contribution in [3.05, 3.63) is 52.3 Å². The zero-order valence-electron chi connectivity index (χ0n) is 13.0. The van der Waals surface area contributed by atoms with Crippen LogP contribution in [-0.2, 0) is 0 Å². The van der Waals surface area contributed by atoms with E-state index in [9.17, 15) is 0 Å². The lowest BCUT2D eigenvalue weighted by Crippen LogP contribution is -2.12. The summed E-state index contributed by atoms with van der Waals surface area (Å²) in [6, 6.07) is 7.89. The maximum atomic E-state index is 4.73. The van der Waals surface area contributed by atoms with Gasteiger partial charge in [-0.2, -0.15) is 5.10 Å². The summed E-state index contributed by atoms with van der Waals surface area (Å²) >= 11 is 3.57. The molecule has 3 heterocycles. The summed E-state index contributed by atoms with van der Waals surface area (Å²) in [6.07, 6.45) is 1.71. The number of aromatic nitrogens is 6. The molecule has 6 nitrogen and oxygen atoms in total. The predicted octanol–water partition coefficient (Wildman–Crippen LogP) is 3.46. The normalized spacial score (nSPS) is 13.0. The van der Waals surface area contributed by atoms with Crippen molar-refractivity contribution in [1.82, 2.24) is 29.4 Å². The first-order valence-corrected chi connectivity index (χ1v) is 8.17. The molecule has 0 fully saturated rings. The highest BCUT2D eigenvalue weighted by molar-refractivity contribution is 9.10. The molecule has 1 aromatic carbocycles. The van der Waals surface area contributed by atoms with Crippen molar-refractivity contribution in [2.24, 2.45) is 0 Å². The van der Waals surface area contributed by atoms with E-state index in [1.807, 2.05) is 42.8 Å². The van der Waals surface area contributed by atoms with Crippen LogP contribution in [0.4, 0.5) is 0 Å². The molecule has 0 aliphatic carbocycles. The Kier molecular flexibility index (Phi) is 3.19. The average Bonchev–Trinajstić information content (AvgIpc) is 3.11. The third-order valence-corrected chi connectivity index (χ3v) is 5.22. The Bertz CT molecular complexity index is 1030. The summed E-state index contributed by atoms with van der Waals surface area (Å²) in [4.78, 5) is 9.15. The van der Waals surface area contributed by atoms with E-state index < -0.39 is 0 Å². The topological polar surface area (TPSA) is 60.9 Å². The number of halogens is 1. The zero-order valence-corrected chi connectivity index (χ0v) is 14.6. The molecule has 116 valence electrons. The highest BCUT2D eigenvalue weighted by Crippen LogP contribution is 2.26. The Balaban J connectivity index is 1.88. The van der Waals surface area contributed by atoms with Gasteiger partial charge in [0.05, 0.1) is 21.4 Å². The standard InChI is InChI=1S/C16H15BrN6/c1-9-14(17)10(2)23(20-9)11(3)15-19-16-12-6-4-5-7-13(12)18-8-22(16)21-15/h4-8,11H,1-3H3/t11-/m0/s1. The van der Waals surface area contributed by atoms with Crippen molar-refractivity contribution < 1.29 is 0 Å². The molecule has 4 aromatic rings. The van der Waals surface area contributed by atoms with Gasteiger partial charge in [-0.1, -0.05) is 12.1 Å². The second-order valence-electron chi connectivity index (χ2n) is 5.61. The predicted molar refractivity (Wildman–Crippen MR) is 91.5 cm³/mol. The number of para-hydroxylation sites is 1. The smallest absolute Gasteiger partial charge is 0.176 e. The second kappa shape index (κ2) is 5.13. The molecule has 0 saturated carbocycles. The molecular weight excluding hydrogens is 356 g/mol. The van der Waals surface area contributed by atoms with E-state index in [2.05, 4.69) is 38.0 Å². The summed E-state index contributed by atoms with van der Waals surface area (Å²) in [7, 11) is 0. The van der Waals surface area contributed by atoms with Crippen molar-refractivity contribution in [3.8, 4) is 0 Å². The minimum absolute atomic E-state index is 0.0568. The fourth-order valence-corrected chi connectivity index (χ4v) is 3.06. The van der Waals surface area contributed by atoms with Crippen molar-refractivity contribution in [2.75, 3.05) is 0 Å². The summed E-state index contributed by atoms with van der Waals surface area (Å²) in [5.74, 6) is 0.723. The molecule has 0 unspecified atom stereocenters. The molecule has 4 rings (SSSR count). The van der Waals surface area contributed by atoms with Gasteiger partial charge in [0.2, 0.25) is 0 Å². The third-order valence-electron chi connectivity index (χ3n) is 4.08. The van der Waals surface area contributed by atoms with Crippen LogP contribution in [0.2, 0.25) is 0 Å². The van der Waals surface area contributed by atoms with Crippen LogP contribution < -0.4 is 0 Å². The molecule has 0 saturated heterocycles. The maximum absolute atomic E-state index is 4.73. The average molecular weight is 371 g/mol. The van der Waals surface area contributed by atoms with E-state index in [0.717, 1.165) is 38.2 Å². The summed E-state index contributed by atoms with van der Waals surface area (Å²) in [5.41, 5.74) is 3.76. The van der Waals surface area contributed by atoms with E-state index in [-0.39, 0.29) is 6.04 Å². The lowest BCUT2D eigenvalue weighted by Gasteiger charge is -2.10. The Morgan fingerprint density at radius 2 is 1.91 bits per heavy atom. The number of nitrogens with zero attached hydrogens (tertiary/aromatic N) is 6. The van der Waals surface area contributed by atoms with E-state index in [1.165, 1.54) is 0 Å². The molecule has 0 aliphatic heterocycles. The second-order valence-corrected chi connectivity index (χ2v) is 6.40. The number of aryl methyl sites for hydroxylation is 1. The monoisotopic (exact) mass is 370 g/mol. The van der Waals surface area contributed by atoms with E-state index in [1.54, 1.807) is 10.8 Å². The first kappa shape index (κ1) is 14.3. The van der Waals surface area contributed by atoms with Crippen LogP contribution in [-0.4, -0.2) is 29.4 Å². The van der Waals surface area contributed by atoms with Crippen molar-refractivity contribution in [1.29, 1.82) is 0 Å². The molecule has 3 aromatic heterocycles. The molecule has 1 atom stereocenters. The lowest BCUT2D eigenvalue weighted by atomic mass is 10.2. The van der Waals surface area contributed by atoms with Gasteiger partial charge in [-0.05, 0) is 48.8 Å². The van der Waals surface area contributed by atoms with Gasteiger partial charge in [-0.15, -0.1) is 5.10 Å². The van der Waals surface area contributed by atoms with Gasteiger partial charge in [0, 0.05) is 5.39 Å². The van der Waals surface area contributed by atoms with Gasteiger partial charge < -0.3 is 0 Å². The van der Waals surface area contributed by atoms with E-state index in [0.29, 0.717) is 0 Å². The number of benzene rings is 1. The third kappa shape index (κ3) is 2.15. The highest BCUT2D eigenvalue weighted by atomic mass is 79.9. The summed E-state index contributed by atoms with van der Waals surface area (Å²) < 4.78 is 4.71. The molecule has 0 bridgehead atoms. The lowest BCUT2D eigenvalue weighted by molar-refractivity contribution is 0.520. The van der Waals surface area contributed by atoms with Crippen LogP contribution in [0.25, 0.3) is 16.6 Å². The molecule has 23 heavy (non-hydrogen) atoms. The molecule has 7 heteroatoms. The fraction of sp³-hybridized carbons (Fsp3) is 0.250. The quantitative estimate of drug-likeness (QED) is 0.542. The Morgan fingerprint density at radius 3 is 2.65 bits per heavy atom. The zero-order chi connectivity index (χ0) is 16.1. The van der Waals surface area contributed by atoms with Crippen LogP contribution in [0.1, 0.15) is 30.2 Å². The molecule has 0 amide bonds. The van der Waals surface area contributed by atoms with Crippen LogP contribution in [0, 0.1) is 13.8 Å². The first-order chi connectivity index (χ1) is 11.1. The molecule has 0 N–H and O–H groups in total. The van der Waals surface area contributed by atoms with Gasteiger partial charge in [-0.25, -0.2) is 14.5 Å².